The molecule has 0 aliphatic carbocycles. The van der Waals surface area contributed by atoms with Gasteiger partial charge in [-0.1, -0.05) is 60.7 Å². The zero-order chi connectivity index (χ0) is 27.0. The minimum atomic E-state index is -0.815. The Kier molecular flexibility index (Phi) is 9.82. The predicted octanol–water partition coefficient (Wildman–Crippen LogP) is 5.62. The number of thioether (sulfide) groups is 1. The van der Waals surface area contributed by atoms with Crippen LogP contribution in [0.5, 0.6) is 0 Å². The molecular weight excluding hydrogens is 510 g/mol. The Hall–Kier alpha value is -3.24. The van der Waals surface area contributed by atoms with E-state index in [0.29, 0.717) is 46.4 Å². The van der Waals surface area contributed by atoms with E-state index in [1.807, 2.05) is 63.2 Å². The number of amides is 2. The molecule has 0 radical (unpaired) electrons. The molecule has 1 saturated heterocycles. The number of rotatable bonds is 10. The monoisotopic (exact) mass is 541 g/mol. The van der Waals surface area contributed by atoms with Gasteiger partial charge >= 0.3 is 12.1 Å². The molecule has 1 aliphatic rings. The lowest BCUT2D eigenvalue weighted by molar-refractivity contribution is -0.137. The first-order chi connectivity index (χ1) is 17.5. The van der Waals surface area contributed by atoms with Gasteiger partial charge in [0, 0.05) is 25.1 Å². The van der Waals surface area contributed by atoms with E-state index in [4.69, 9.17) is 27.0 Å². The van der Waals surface area contributed by atoms with E-state index in [2.05, 4.69) is 5.32 Å². The summed E-state index contributed by atoms with van der Waals surface area (Å²) < 4.78 is 5.82. The number of nitrogens with zero attached hydrogens (tertiary/aromatic N) is 2. The van der Waals surface area contributed by atoms with Gasteiger partial charge in [-0.05, 0) is 57.4 Å². The summed E-state index contributed by atoms with van der Waals surface area (Å²) in [6.07, 6.45) is 3.34. The highest BCUT2D eigenvalue weighted by molar-refractivity contribution is 8.26. The predicted molar refractivity (Wildman–Crippen MR) is 149 cm³/mol. The quantitative estimate of drug-likeness (QED) is 0.227. The molecule has 0 bridgehead atoms. The lowest BCUT2D eigenvalue weighted by atomic mass is 10.0. The number of ether oxygens (including phenoxy) is 1. The number of carboxylic acid groups (broad SMARTS) is 1. The summed E-state index contributed by atoms with van der Waals surface area (Å²) in [5, 5.41) is 11.5. The molecule has 3 rings (SSSR count). The first kappa shape index (κ1) is 28.3. The lowest BCUT2D eigenvalue weighted by Crippen LogP contribution is -2.32. The number of thiocarbonyl (C=S) groups is 1. The Morgan fingerprint density at radius 2 is 1.89 bits per heavy atom. The van der Waals surface area contributed by atoms with Gasteiger partial charge in [0.1, 0.15) is 9.92 Å². The van der Waals surface area contributed by atoms with Crippen molar-refractivity contribution in [1.29, 1.82) is 0 Å². The maximum atomic E-state index is 12.9. The van der Waals surface area contributed by atoms with Crippen molar-refractivity contribution in [2.45, 2.75) is 58.6 Å². The third-order valence-corrected chi connectivity index (χ3v) is 6.69. The van der Waals surface area contributed by atoms with Crippen LogP contribution in [0.3, 0.4) is 0 Å². The van der Waals surface area contributed by atoms with Crippen LogP contribution in [0.4, 0.5) is 4.79 Å². The second kappa shape index (κ2) is 12.8. The summed E-state index contributed by atoms with van der Waals surface area (Å²) in [6.45, 7) is 6.18. The van der Waals surface area contributed by atoms with E-state index in [9.17, 15) is 14.4 Å². The number of carbonyl (C=O) groups is 3. The first-order valence-electron chi connectivity index (χ1n) is 12.0. The van der Waals surface area contributed by atoms with Crippen LogP contribution in [-0.2, 0) is 20.9 Å². The van der Waals surface area contributed by atoms with E-state index >= 15 is 0 Å². The number of carbonyl (C=O) groups excluding carboxylic acids is 2. The van der Waals surface area contributed by atoms with Crippen LogP contribution in [0.15, 0.2) is 47.4 Å². The maximum absolute atomic E-state index is 12.9. The fourth-order valence-electron chi connectivity index (χ4n) is 3.64. The van der Waals surface area contributed by atoms with Gasteiger partial charge in [-0.3, -0.25) is 14.5 Å². The average molecular weight is 542 g/mol. The third-order valence-electron chi connectivity index (χ3n) is 5.31. The molecule has 1 aromatic carbocycles. The van der Waals surface area contributed by atoms with Crippen LogP contribution < -0.4 is 5.32 Å². The molecule has 1 fully saturated rings. The molecule has 2 amide bonds. The van der Waals surface area contributed by atoms with Gasteiger partial charge < -0.3 is 15.2 Å². The molecule has 1 aromatic heterocycles. The van der Waals surface area contributed by atoms with Crippen LogP contribution in [0.1, 0.15) is 57.7 Å². The second-order valence-corrected chi connectivity index (χ2v) is 11.2. The molecule has 1 aliphatic heterocycles. The molecule has 0 unspecified atom stereocenters. The van der Waals surface area contributed by atoms with E-state index in [-0.39, 0.29) is 18.9 Å². The van der Waals surface area contributed by atoms with Crippen LogP contribution in [0.2, 0.25) is 0 Å². The highest BCUT2D eigenvalue weighted by Crippen LogP contribution is 2.33. The number of aromatic nitrogens is 1. The number of pyridine rings is 1. The molecule has 196 valence electrons. The molecule has 0 saturated carbocycles. The summed E-state index contributed by atoms with van der Waals surface area (Å²) in [7, 11) is 0. The second-order valence-electron chi connectivity index (χ2n) is 9.50. The Morgan fingerprint density at radius 1 is 1.14 bits per heavy atom. The van der Waals surface area contributed by atoms with Crippen molar-refractivity contribution < 1.29 is 24.2 Å². The normalized spacial score (nSPS) is 14.8. The topological polar surface area (TPSA) is 109 Å². The van der Waals surface area contributed by atoms with Crippen LogP contribution in [-0.4, -0.2) is 49.4 Å². The van der Waals surface area contributed by atoms with Crippen molar-refractivity contribution in [3.8, 4) is 11.3 Å². The molecule has 0 atom stereocenters. The van der Waals surface area contributed by atoms with Crippen LogP contribution in [0, 0.1) is 0 Å². The van der Waals surface area contributed by atoms with E-state index in [1.54, 1.807) is 11.0 Å². The van der Waals surface area contributed by atoms with Gasteiger partial charge in [0.05, 0.1) is 16.3 Å². The highest BCUT2D eigenvalue weighted by Gasteiger charge is 2.31. The lowest BCUT2D eigenvalue weighted by Gasteiger charge is -2.20. The van der Waals surface area contributed by atoms with Crippen LogP contribution >= 0.6 is 24.0 Å². The SMILES string of the molecule is CC(C)(C)OC(=O)NCc1ccccc1-c1cccc(C=C2SC(=S)N(CCCCCC(=O)O)C2=O)n1. The van der Waals surface area contributed by atoms with E-state index in [1.165, 1.54) is 11.8 Å². The Morgan fingerprint density at radius 3 is 2.62 bits per heavy atom. The molecule has 0 spiro atoms. The molecule has 10 heteroatoms. The van der Waals surface area contributed by atoms with E-state index in [0.717, 1.165) is 11.1 Å². The summed E-state index contributed by atoms with van der Waals surface area (Å²) in [5.41, 5.74) is 2.49. The zero-order valence-corrected chi connectivity index (χ0v) is 22.8. The summed E-state index contributed by atoms with van der Waals surface area (Å²) in [4.78, 5) is 42.5. The smallest absolute Gasteiger partial charge is 0.407 e. The third kappa shape index (κ3) is 8.68. The largest absolute Gasteiger partial charge is 0.481 e. The van der Waals surface area contributed by atoms with Crippen molar-refractivity contribution >= 4 is 52.3 Å². The molecule has 2 N–H and O–H groups in total. The highest BCUT2D eigenvalue weighted by atomic mass is 32.2. The fraction of sp³-hybridized carbons (Fsp3) is 0.370. The number of carboxylic acids is 1. The van der Waals surface area contributed by atoms with Gasteiger partial charge in [-0.15, -0.1) is 0 Å². The summed E-state index contributed by atoms with van der Waals surface area (Å²) >= 11 is 6.64. The zero-order valence-electron chi connectivity index (χ0n) is 21.2. The maximum Gasteiger partial charge on any atom is 0.407 e. The van der Waals surface area contributed by atoms with Gasteiger partial charge in [-0.25, -0.2) is 9.78 Å². The first-order valence-corrected chi connectivity index (χ1v) is 13.3. The Balaban J connectivity index is 1.70. The number of hydrogen-bond donors (Lipinski definition) is 2. The number of unbranched alkanes of at least 4 members (excludes halogenated alkanes) is 2. The summed E-state index contributed by atoms with van der Waals surface area (Å²) in [5.74, 6) is -0.979. The van der Waals surface area contributed by atoms with Gasteiger partial charge in [-0.2, -0.15) is 0 Å². The minimum Gasteiger partial charge on any atom is -0.481 e. The van der Waals surface area contributed by atoms with Crippen LogP contribution in [0.25, 0.3) is 17.3 Å². The van der Waals surface area contributed by atoms with Gasteiger partial charge in [0.2, 0.25) is 0 Å². The number of hydrogen-bond acceptors (Lipinski definition) is 7. The fourth-order valence-corrected chi connectivity index (χ4v) is 4.93. The molecule has 2 aromatic rings. The number of benzene rings is 1. The molecule has 37 heavy (non-hydrogen) atoms. The van der Waals surface area contributed by atoms with Crippen molar-refractivity contribution in [3.63, 3.8) is 0 Å². The van der Waals surface area contributed by atoms with E-state index < -0.39 is 17.7 Å². The summed E-state index contributed by atoms with van der Waals surface area (Å²) in [6, 6.07) is 13.2. The number of alkyl carbamates (subject to hydrolysis) is 1. The molecule has 8 nitrogen and oxygen atoms in total. The van der Waals surface area contributed by atoms with Gasteiger partial charge in [0.25, 0.3) is 5.91 Å². The molecule has 2 heterocycles. The number of nitrogens with one attached hydrogen (secondary N) is 1. The van der Waals surface area contributed by atoms with Crippen molar-refractivity contribution in [2.75, 3.05) is 6.54 Å². The Bertz CT molecular complexity index is 1210. The average Bonchev–Trinajstić information content (AvgIpc) is 3.09. The standard InChI is InChI=1S/C27H31N3O5S2/c1-27(2,3)35-25(34)28-17-18-10-6-7-12-20(18)21-13-9-11-19(29-21)16-22-24(33)30(26(36)37-22)15-8-4-5-14-23(31)32/h6-7,9-13,16H,4-5,8,14-15,17H2,1-3H3,(H,28,34)(H,31,32). The van der Waals surface area contributed by atoms with Crippen molar-refractivity contribution in [3.05, 3.63) is 58.6 Å². The van der Waals surface area contributed by atoms with Crippen molar-refractivity contribution in [1.82, 2.24) is 15.2 Å². The Labute approximate surface area is 226 Å². The molecular formula is C27H31N3O5S2. The van der Waals surface area contributed by atoms with Crippen molar-refractivity contribution in [2.24, 2.45) is 0 Å². The number of aliphatic carboxylic acids is 1. The van der Waals surface area contributed by atoms with Gasteiger partial charge in [0.15, 0.2) is 0 Å². The minimum absolute atomic E-state index is 0.125.